The molecule has 0 saturated carbocycles. The van der Waals surface area contributed by atoms with Gasteiger partial charge >= 0.3 is 18.0 Å². The minimum absolute atomic E-state index is 0.0885. The Labute approximate surface area is 97.1 Å². The van der Waals surface area contributed by atoms with Crippen molar-refractivity contribution in [1.29, 1.82) is 0 Å². The third kappa shape index (κ3) is 3.34. The maximum atomic E-state index is 12.2. The molecule has 7 heteroatoms. The van der Waals surface area contributed by atoms with E-state index in [4.69, 9.17) is 0 Å². The highest BCUT2D eigenvalue weighted by Gasteiger charge is 2.39. The standard InChI is InChI=1S/C10H15F3N2O2/c1-6-4-3-5-15(6)9(17)8(16)14-7(2)10(11,12)13/h6-7H,3-5H2,1-2H3,(H,14,16)/t6?,7-/m1/s1. The molecule has 0 bridgehead atoms. The van der Waals surface area contributed by atoms with Crippen LogP contribution in [-0.2, 0) is 9.59 Å². The molecule has 17 heavy (non-hydrogen) atoms. The van der Waals surface area contributed by atoms with Gasteiger partial charge in [0.2, 0.25) is 0 Å². The molecule has 0 spiro atoms. The lowest BCUT2D eigenvalue weighted by Gasteiger charge is -2.22. The van der Waals surface area contributed by atoms with E-state index < -0.39 is 24.0 Å². The summed E-state index contributed by atoms with van der Waals surface area (Å²) in [6.07, 6.45) is -2.99. The molecular formula is C10H15F3N2O2. The number of carbonyl (C=O) groups excluding carboxylic acids is 2. The summed E-state index contributed by atoms with van der Waals surface area (Å²) in [7, 11) is 0. The number of nitrogens with one attached hydrogen (secondary N) is 1. The van der Waals surface area contributed by atoms with Crippen LogP contribution >= 0.6 is 0 Å². The topological polar surface area (TPSA) is 49.4 Å². The van der Waals surface area contributed by atoms with Crippen molar-refractivity contribution < 1.29 is 22.8 Å². The molecule has 0 aromatic carbocycles. The number of likely N-dealkylation sites (tertiary alicyclic amines) is 1. The molecule has 1 heterocycles. The molecule has 1 rings (SSSR count). The van der Waals surface area contributed by atoms with Gasteiger partial charge in [-0.2, -0.15) is 13.2 Å². The quantitative estimate of drug-likeness (QED) is 0.709. The van der Waals surface area contributed by atoms with Gasteiger partial charge in [-0.1, -0.05) is 0 Å². The second kappa shape index (κ2) is 4.93. The highest BCUT2D eigenvalue weighted by atomic mass is 19.4. The Balaban J connectivity index is 2.56. The first kappa shape index (κ1) is 13.8. The molecular weight excluding hydrogens is 237 g/mol. The predicted molar refractivity (Wildman–Crippen MR) is 54.1 cm³/mol. The summed E-state index contributed by atoms with van der Waals surface area (Å²) in [6.45, 7) is 3.00. The molecule has 0 aromatic rings. The molecule has 0 aromatic heterocycles. The van der Waals surface area contributed by atoms with E-state index in [-0.39, 0.29) is 6.04 Å². The molecule has 1 unspecified atom stereocenters. The van der Waals surface area contributed by atoms with Crippen molar-refractivity contribution in [2.24, 2.45) is 0 Å². The minimum atomic E-state index is -4.54. The number of alkyl halides is 3. The molecule has 2 atom stereocenters. The summed E-state index contributed by atoms with van der Waals surface area (Å²) in [5, 5.41) is 1.66. The van der Waals surface area contributed by atoms with E-state index in [1.165, 1.54) is 4.90 Å². The minimum Gasteiger partial charge on any atom is -0.336 e. The number of rotatable bonds is 1. The van der Waals surface area contributed by atoms with E-state index in [0.29, 0.717) is 6.54 Å². The van der Waals surface area contributed by atoms with Crippen LogP contribution in [0.1, 0.15) is 26.7 Å². The largest absolute Gasteiger partial charge is 0.408 e. The van der Waals surface area contributed by atoms with Crippen LogP contribution in [0.25, 0.3) is 0 Å². The van der Waals surface area contributed by atoms with Gasteiger partial charge in [0.15, 0.2) is 0 Å². The van der Waals surface area contributed by atoms with Crippen molar-refractivity contribution >= 4 is 11.8 Å². The van der Waals surface area contributed by atoms with E-state index in [9.17, 15) is 22.8 Å². The molecule has 1 N–H and O–H groups in total. The lowest BCUT2D eigenvalue weighted by Crippen LogP contribution is -2.50. The molecule has 1 fully saturated rings. The number of hydrogen-bond acceptors (Lipinski definition) is 2. The smallest absolute Gasteiger partial charge is 0.336 e. The van der Waals surface area contributed by atoms with Gasteiger partial charge in [0.1, 0.15) is 6.04 Å². The Kier molecular flexibility index (Phi) is 4.00. The van der Waals surface area contributed by atoms with Crippen LogP contribution in [0.15, 0.2) is 0 Å². The maximum Gasteiger partial charge on any atom is 0.408 e. The average molecular weight is 252 g/mol. The highest BCUT2D eigenvalue weighted by molar-refractivity contribution is 6.35. The first-order valence-corrected chi connectivity index (χ1v) is 5.41. The molecule has 1 aliphatic heterocycles. The average Bonchev–Trinajstić information content (AvgIpc) is 2.61. The maximum absolute atomic E-state index is 12.2. The van der Waals surface area contributed by atoms with Crippen molar-refractivity contribution in [3.63, 3.8) is 0 Å². The Hall–Kier alpha value is -1.27. The first-order chi connectivity index (χ1) is 7.73. The lowest BCUT2D eigenvalue weighted by molar-refractivity contribution is -0.162. The predicted octanol–water partition coefficient (Wildman–Crippen LogP) is 1.06. The fraction of sp³-hybridized carbons (Fsp3) is 0.800. The summed E-state index contributed by atoms with van der Waals surface area (Å²) in [6, 6.07) is -2.11. The molecule has 1 aliphatic rings. The monoisotopic (exact) mass is 252 g/mol. The normalized spacial score (nSPS) is 22.4. The van der Waals surface area contributed by atoms with Gasteiger partial charge in [-0.05, 0) is 26.7 Å². The molecule has 2 amide bonds. The second-order valence-electron chi connectivity index (χ2n) is 4.23. The van der Waals surface area contributed by atoms with Crippen molar-refractivity contribution in [2.45, 2.75) is 44.9 Å². The van der Waals surface area contributed by atoms with Gasteiger partial charge in [-0.25, -0.2) is 0 Å². The second-order valence-corrected chi connectivity index (χ2v) is 4.23. The van der Waals surface area contributed by atoms with Crippen molar-refractivity contribution in [2.75, 3.05) is 6.54 Å². The number of hydrogen-bond donors (Lipinski definition) is 1. The van der Waals surface area contributed by atoms with Crippen LogP contribution in [0.3, 0.4) is 0 Å². The summed E-state index contributed by atoms with van der Waals surface area (Å²) in [5.74, 6) is -2.07. The van der Waals surface area contributed by atoms with E-state index in [0.717, 1.165) is 19.8 Å². The molecule has 4 nitrogen and oxygen atoms in total. The summed E-state index contributed by atoms with van der Waals surface area (Å²) in [4.78, 5) is 24.2. The SMILES string of the molecule is CC1CCCN1C(=O)C(=O)N[C@H](C)C(F)(F)F. The van der Waals surface area contributed by atoms with E-state index in [1.54, 1.807) is 12.2 Å². The van der Waals surface area contributed by atoms with E-state index in [2.05, 4.69) is 0 Å². The van der Waals surface area contributed by atoms with Crippen molar-refractivity contribution in [3.8, 4) is 0 Å². The summed E-state index contributed by atoms with van der Waals surface area (Å²) < 4.78 is 36.6. The fourth-order valence-electron chi connectivity index (χ4n) is 1.71. The highest BCUT2D eigenvalue weighted by Crippen LogP contribution is 2.20. The van der Waals surface area contributed by atoms with Gasteiger partial charge in [-0.3, -0.25) is 9.59 Å². The van der Waals surface area contributed by atoms with Gasteiger partial charge in [0, 0.05) is 12.6 Å². The zero-order chi connectivity index (χ0) is 13.2. The molecule has 0 radical (unpaired) electrons. The van der Waals surface area contributed by atoms with Crippen molar-refractivity contribution in [3.05, 3.63) is 0 Å². The van der Waals surface area contributed by atoms with Crippen LogP contribution in [-0.4, -0.2) is 41.5 Å². The summed E-state index contributed by atoms with van der Waals surface area (Å²) >= 11 is 0. The number of amides is 2. The van der Waals surface area contributed by atoms with Crippen LogP contribution in [0.5, 0.6) is 0 Å². The fourth-order valence-corrected chi connectivity index (χ4v) is 1.71. The van der Waals surface area contributed by atoms with E-state index in [1.807, 2.05) is 0 Å². The van der Waals surface area contributed by atoms with Gasteiger partial charge < -0.3 is 10.2 Å². The molecule has 1 saturated heterocycles. The van der Waals surface area contributed by atoms with Crippen LogP contribution in [0.4, 0.5) is 13.2 Å². The Morgan fingerprint density at radius 3 is 2.41 bits per heavy atom. The zero-order valence-corrected chi connectivity index (χ0v) is 9.67. The van der Waals surface area contributed by atoms with Gasteiger partial charge in [0.25, 0.3) is 0 Å². The third-order valence-corrected chi connectivity index (χ3v) is 2.85. The Morgan fingerprint density at radius 1 is 1.41 bits per heavy atom. The van der Waals surface area contributed by atoms with Crippen LogP contribution in [0.2, 0.25) is 0 Å². The molecule has 98 valence electrons. The van der Waals surface area contributed by atoms with E-state index >= 15 is 0 Å². The Bertz CT molecular complexity index is 317. The van der Waals surface area contributed by atoms with Crippen LogP contribution < -0.4 is 5.32 Å². The summed E-state index contributed by atoms with van der Waals surface area (Å²) in [5.41, 5.74) is 0. The Morgan fingerprint density at radius 2 is 2.00 bits per heavy atom. The number of carbonyl (C=O) groups is 2. The van der Waals surface area contributed by atoms with Gasteiger partial charge in [-0.15, -0.1) is 0 Å². The third-order valence-electron chi connectivity index (χ3n) is 2.85. The number of nitrogens with zero attached hydrogens (tertiary/aromatic N) is 1. The molecule has 0 aliphatic carbocycles. The van der Waals surface area contributed by atoms with Gasteiger partial charge in [0.05, 0.1) is 0 Å². The van der Waals surface area contributed by atoms with Crippen molar-refractivity contribution in [1.82, 2.24) is 10.2 Å². The lowest BCUT2D eigenvalue weighted by atomic mass is 10.2. The zero-order valence-electron chi connectivity index (χ0n) is 9.67. The van der Waals surface area contributed by atoms with Crippen LogP contribution in [0, 0.1) is 0 Å². The first-order valence-electron chi connectivity index (χ1n) is 5.41. The number of halogens is 3.